The molecule has 2 aromatic rings. The first-order chi connectivity index (χ1) is 11.6. The molecule has 0 spiro atoms. The van der Waals surface area contributed by atoms with Crippen molar-refractivity contribution in [1.29, 1.82) is 0 Å². The molecule has 0 aromatic heterocycles. The molecule has 1 amide bonds. The highest BCUT2D eigenvalue weighted by Gasteiger charge is 2.26. The van der Waals surface area contributed by atoms with E-state index in [0.717, 1.165) is 24.1 Å². The van der Waals surface area contributed by atoms with Crippen LogP contribution in [0.5, 0.6) is 5.75 Å². The molecule has 0 N–H and O–H groups in total. The van der Waals surface area contributed by atoms with Crippen LogP contribution in [0.3, 0.4) is 0 Å². The fraction of sp³-hybridized carbons (Fsp3) is 0.222. The number of benzene rings is 2. The van der Waals surface area contributed by atoms with Gasteiger partial charge in [0.05, 0.1) is 5.56 Å². The van der Waals surface area contributed by atoms with Crippen LogP contribution in [-0.2, 0) is 11.2 Å². The van der Waals surface area contributed by atoms with E-state index in [-0.39, 0.29) is 5.91 Å². The Morgan fingerprint density at radius 1 is 1.08 bits per heavy atom. The van der Waals surface area contributed by atoms with E-state index in [1.54, 1.807) is 47.4 Å². The normalized spacial score (nSPS) is 13.5. The molecule has 0 fully saturated rings. The van der Waals surface area contributed by atoms with Gasteiger partial charge < -0.3 is 9.64 Å². The Bertz CT molecular complexity index is 762. The number of amides is 1. The predicted molar refractivity (Wildman–Crippen MR) is 94.0 cm³/mol. The number of fused-ring (bicyclic) bond motifs is 1. The number of hydrogen-bond acceptors (Lipinski definition) is 3. The summed E-state index contributed by atoms with van der Waals surface area (Å²) in [7, 11) is 0. The molecule has 124 valence electrons. The first-order valence-corrected chi connectivity index (χ1v) is 8.43. The second kappa shape index (κ2) is 7.24. The number of nitrogens with zero attached hydrogens (tertiary/aromatic N) is 1. The van der Waals surface area contributed by atoms with Crippen LogP contribution in [0.1, 0.15) is 22.3 Å². The average molecular weight is 364 g/mol. The molecular weight excluding hydrogens is 349 g/mol. The van der Waals surface area contributed by atoms with Crippen molar-refractivity contribution >= 4 is 40.8 Å². The summed E-state index contributed by atoms with van der Waals surface area (Å²) in [4.78, 5) is 24.7. The smallest absolute Gasteiger partial charge is 0.343 e. The fourth-order valence-electron chi connectivity index (χ4n) is 2.72. The van der Waals surface area contributed by atoms with E-state index in [1.807, 2.05) is 6.07 Å². The highest BCUT2D eigenvalue weighted by atomic mass is 35.5. The van der Waals surface area contributed by atoms with E-state index in [2.05, 4.69) is 0 Å². The maximum atomic E-state index is 12.1. The van der Waals surface area contributed by atoms with Gasteiger partial charge in [0, 0.05) is 12.2 Å². The van der Waals surface area contributed by atoms with Gasteiger partial charge in [0.15, 0.2) is 4.84 Å². The second-order valence-electron chi connectivity index (χ2n) is 5.44. The van der Waals surface area contributed by atoms with E-state index in [4.69, 9.17) is 27.9 Å². The summed E-state index contributed by atoms with van der Waals surface area (Å²) in [5, 5.41) is 0. The lowest BCUT2D eigenvalue weighted by Crippen LogP contribution is -2.38. The Hall–Kier alpha value is -2.04. The summed E-state index contributed by atoms with van der Waals surface area (Å²) in [6, 6.07) is 14.0. The van der Waals surface area contributed by atoms with Crippen molar-refractivity contribution in [2.75, 3.05) is 11.4 Å². The van der Waals surface area contributed by atoms with E-state index in [9.17, 15) is 9.59 Å². The maximum absolute atomic E-state index is 12.1. The number of alkyl halides is 2. The first kappa shape index (κ1) is 16.8. The van der Waals surface area contributed by atoms with Crippen LogP contribution in [0, 0.1) is 0 Å². The minimum absolute atomic E-state index is 0.340. The van der Waals surface area contributed by atoms with Gasteiger partial charge in [-0.15, -0.1) is 0 Å². The quantitative estimate of drug-likeness (QED) is 0.470. The molecule has 0 saturated carbocycles. The van der Waals surface area contributed by atoms with Gasteiger partial charge in [-0.05, 0) is 48.7 Å². The van der Waals surface area contributed by atoms with E-state index in [1.165, 1.54) is 0 Å². The molecule has 1 aliphatic heterocycles. The maximum Gasteiger partial charge on any atom is 0.343 e. The third kappa shape index (κ3) is 3.55. The zero-order chi connectivity index (χ0) is 17.1. The van der Waals surface area contributed by atoms with Crippen molar-refractivity contribution in [2.45, 2.75) is 17.7 Å². The summed E-state index contributed by atoms with van der Waals surface area (Å²) in [5.41, 5.74) is 2.18. The molecule has 3 rings (SSSR count). The van der Waals surface area contributed by atoms with Crippen LogP contribution in [0.15, 0.2) is 48.5 Å². The monoisotopic (exact) mass is 363 g/mol. The zero-order valence-corrected chi connectivity index (χ0v) is 14.3. The number of carbonyl (C=O) groups excluding carboxylic acids is 2. The number of carbonyl (C=O) groups is 2. The van der Waals surface area contributed by atoms with Gasteiger partial charge in [-0.3, -0.25) is 4.79 Å². The SMILES string of the molecule is O=C(Oc1ccc2c(c1)CCCN2C(=O)C(Cl)Cl)c1ccccc1. The van der Waals surface area contributed by atoms with Gasteiger partial charge in [-0.1, -0.05) is 41.4 Å². The molecule has 0 aliphatic carbocycles. The minimum atomic E-state index is -1.09. The molecule has 0 saturated heterocycles. The summed E-state index contributed by atoms with van der Waals surface area (Å²) in [5.74, 6) is -0.306. The molecule has 2 aromatic carbocycles. The van der Waals surface area contributed by atoms with Crippen molar-refractivity contribution in [3.63, 3.8) is 0 Å². The van der Waals surface area contributed by atoms with E-state index < -0.39 is 10.8 Å². The Morgan fingerprint density at radius 2 is 1.83 bits per heavy atom. The highest BCUT2D eigenvalue weighted by molar-refractivity contribution is 6.54. The topological polar surface area (TPSA) is 46.6 Å². The second-order valence-corrected chi connectivity index (χ2v) is 6.54. The van der Waals surface area contributed by atoms with Crippen LogP contribution in [0.2, 0.25) is 0 Å². The standard InChI is InChI=1S/C18H15Cl2NO3/c19-16(20)17(22)21-10-4-7-13-11-14(8-9-15(13)21)24-18(23)12-5-2-1-3-6-12/h1-3,5-6,8-9,11,16H,4,7,10H2. The number of ether oxygens (including phenoxy) is 1. The summed E-state index contributed by atoms with van der Waals surface area (Å²) in [6.45, 7) is 0.574. The highest BCUT2D eigenvalue weighted by Crippen LogP contribution is 2.32. The van der Waals surface area contributed by atoms with Crippen LogP contribution in [0.25, 0.3) is 0 Å². The number of halogens is 2. The van der Waals surface area contributed by atoms with Crippen LogP contribution in [-0.4, -0.2) is 23.3 Å². The third-order valence-electron chi connectivity index (χ3n) is 3.84. The molecule has 0 bridgehead atoms. The van der Waals surface area contributed by atoms with Crippen molar-refractivity contribution in [3.8, 4) is 5.75 Å². The fourth-order valence-corrected chi connectivity index (χ4v) is 2.96. The molecule has 1 heterocycles. The summed E-state index contributed by atoms with van der Waals surface area (Å²) in [6.07, 6.45) is 1.60. The third-order valence-corrected chi connectivity index (χ3v) is 4.22. The lowest BCUT2D eigenvalue weighted by atomic mass is 10.0. The Labute approximate surface area is 149 Å². The van der Waals surface area contributed by atoms with Crippen molar-refractivity contribution in [1.82, 2.24) is 0 Å². The predicted octanol–water partition coefficient (Wildman–Crippen LogP) is 3.99. The van der Waals surface area contributed by atoms with Gasteiger partial charge in [0.1, 0.15) is 5.75 Å². The zero-order valence-electron chi connectivity index (χ0n) is 12.7. The number of esters is 1. The number of rotatable bonds is 3. The van der Waals surface area contributed by atoms with Crippen LogP contribution >= 0.6 is 23.2 Å². The van der Waals surface area contributed by atoms with Crippen LogP contribution < -0.4 is 9.64 Å². The number of aryl methyl sites for hydroxylation is 1. The summed E-state index contributed by atoms with van der Waals surface area (Å²) >= 11 is 11.4. The van der Waals surface area contributed by atoms with E-state index in [0.29, 0.717) is 17.9 Å². The van der Waals surface area contributed by atoms with Gasteiger partial charge in [-0.2, -0.15) is 0 Å². The van der Waals surface area contributed by atoms with Gasteiger partial charge in [0.25, 0.3) is 5.91 Å². The molecule has 4 nitrogen and oxygen atoms in total. The molecule has 0 atom stereocenters. The Morgan fingerprint density at radius 3 is 2.54 bits per heavy atom. The Balaban J connectivity index is 1.81. The lowest BCUT2D eigenvalue weighted by molar-refractivity contribution is -0.117. The summed E-state index contributed by atoms with van der Waals surface area (Å²) < 4.78 is 5.42. The molecule has 1 aliphatic rings. The molecule has 0 unspecified atom stereocenters. The van der Waals surface area contributed by atoms with Gasteiger partial charge in [0.2, 0.25) is 0 Å². The number of anilines is 1. The average Bonchev–Trinajstić information content (AvgIpc) is 2.61. The minimum Gasteiger partial charge on any atom is -0.423 e. The van der Waals surface area contributed by atoms with Gasteiger partial charge >= 0.3 is 5.97 Å². The van der Waals surface area contributed by atoms with Crippen LogP contribution in [0.4, 0.5) is 5.69 Å². The molecule has 24 heavy (non-hydrogen) atoms. The number of hydrogen-bond donors (Lipinski definition) is 0. The Kier molecular flexibility index (Phi) is 5.07. The van der Waals surface area contributed by atoms with Crippen molar-refractivity contribution < 1.29 is 14.3 Å². The largest absolute Gasteiger partial charge is 0.423 e. The first-order valence-electron chi connectivity index (χ1n) is 7.56. The molecule has 0 radical (unpaired) electrons. The molecular formula is C18H15Cl2NO3. The van der Waals surface area contributed by atoms with Crippen molar-refractivity contribution in [2.24, 2.45) is 0 Å². The van der Waals surface area contributed by atoms with Crippen molar-refractivity contribution in [3.05, 3.63) is 59.7 Å². The molecule has 6 heteroatoms. The van der Waals surface area contributed by atoms with Gasteiger partial charge in [-0.25, -0.2) is 4.79 Å². The van der Waals surface area contributed by atoms with E-state index >= 15 is 0 Å². The lowest BCUT2D eigenvalue weighted by Gasteiger charge is -2.30.